The summed E-state index contributed by atoms with van der Waals surface area (Å²) in [5.41, 5.74) is 1.76. The maximum Gasteiger partial charge on any atom is 0.226 e. The van der Waals surface area contributed by atoms with E-state index in [9.17, 15) is 4.79 Å². The number of aromatic nitrogens is 1. The van der Waals surface area contributed by atoms with E-state index in [0.717, 1.165) is 22.7 Å². The van der Waals surface area contributed by atoms with Crippen molar-refractivity contribution in [3.63, 3.8) is 0 Å². The number of methoxy groups -OCH3 is 2. The zero-order chi connectivity index (χ0) is 18.5. The van der Waals surface area contributed by atoms with Crippen molar-refractivity contribution in [1.82, 2.24) is 10.3 Å². The molecule has 1 aromatic carbocycles. The second kappa shape index (κ2) is 8.54. The maximum absolute atomic E-state index is 12.4. The molecule has 0 saturated heterocycles. The van der Waals surface area contributed by atoms with Gasteiger partial charge < -0.3 is 14.8 Å². The summed E-state index contributed by atoms with van der Waals surface area (Å²) in [4.78, 5) is 17.0. The molecule has 6 heteroatoms. The Labute approximate surface area is 158 Å². The van der Waals surface area contributed by atoms with Gasteiger partial charge in [0.25, 0.3) is 0 Å². The molecule has 0 spiro atoms. The lowest BCUT2D eigenvalue weighted by Crippen LogP contribution is -2.41. The number of ether oxygens (including phenoxy) is 2. The minimum Gasteiger partial charge on any atom is -0.493 e. The molecule has 1 heterocycles. The first-order valence-electron chi connectivity index (χ1n) is 9.07. The highest BCUT2D eigenvalue weighted by atomic mass is 32.1. The van der Waals surface area contributed by atoms with Crippen LogP contribution in [-0.4, -0.2) is 31.2 Å². The molecule has 26 heavy (non-hydrogen) atoms. The number of nitrogens with zero attached hydrogens (tertiary/aromatic N) is 1. The van der Waals surface area contributed by atoms with Crippen LogP contribution < -0.4 is 14.8 Å². The lowest BCUT2D eigenvalue weighted by atomic mass is 9.86. The van der Waals surface area contributed by atoms with E-state index in [4.69, 9.17) is 9.47 Å². The van der Waals surface area contributed by atoms with Gasteiger partial charge in [0.1, 0.15) is 5.01 Å². The number of thiazole rings is 1. The topological polar surface area (TPSA) is 60.5 Å². The molecule has 3 rings (SSSR count). The van der Waals surface area contributed by atoms with Gasteiger partial charge in [-0.1, -0.05) is 19.8 Å². The number of carbonyl (C=O) groups excluding carboxylic acids is 1. The number of hydrogen-bond donors (Lipinski definition) is 1. The van der Waals surface area contributed by atoms with Gasteiger partial charge >= 0.3 is 0 Å². The lowest BCUT2D eigenvalue weighted by molar-refractivity contribution is -0.121. The van der Waals surface area contributed by atoms with E-state index in [1.165, 1.54) is 30.6 Å². The first-order valence-corrected chi connectivity index (χ1v) is 9.95. The number of amides is 1. The summed E-state index contributed by atoms with van der Waals surface area (Å²) in [6, 6.07) is 6.03. The summed E-state index contributed by atoms with van der Waals surface area (Å²) in [5, 5.41) is 6.02. The van der Waals surface area contributed by atoms with Crippen molar-refractivity contribution in [3.05, 3.63) is 29.3 Å². The lowest BCUT2D eigenvalue weighted by Gasteiger charge is -2.29. The summed E-state index contributed by atoms with van der Waals surface area (Å²) in [5.74, 6) is 1.98. The van der Waals surface area contributed by atoms with Crippen molar-refractivity contribution < 1.29 is 14.3 Å². The molecule has 1 fully saturated rings. The predicted molar refractivity (Wildman–Crippen MR) is 104 cm³/mol. The molecule has 0 aliphatic heterocycles. The molecule has 1 N–H and O–H groups in total. The predicted octanol–water partition coefficient (Wildman–Crippen LogP) is 4.06. The smallest absolute Gasteiger partial charge is 0.226 e. The van der Waals surface area contributed by atoms with E-state index >= 15 is 0 Å². The third-order valence-corrected chi connectivity index (χ3v) is 5.92. The first kappa shape index (κ1) is 18.7. The molecule has 0 radical (unpaired) electrons. The number of rotatable bonds is 6. The zero-order valence-electron chi connectivity index (χ0n) is 15.6. The van der Waals surface area contributed by atoms with E-state index in [1.807, 2.05) is 23.6 Å². The highest BCUT2D eigenvalue weighted by Crippen LogP contribution is 2.33. The van der Waals surface area contributed by atoms with Crippen LogP contribution in [0.25, 0.3) is 10.6 Å². The van der Waals surface area contributed by atoms with Gasteiger partial charge in [0.05, 0.1) is 26.3 Å². The molecule has 2 aromatic rings. The van der Waals surface area contributed by atoms with Crippen LogP contribution >= 0.6 is 11.3 Å². The molecule has 0 unspecified atom stereocenters. The number of nitrogens with one attached hydrogen (secondary N) is 1. The monoisotopic (exact) mass is 374 g/mol. The summed E-state index contributed by atoms with van der Waals surface area (Å²) >= 11 is 1.54. The van der Waals surface area contributed by atoms with E-state index in [2.05, 4.69) is 17.2 Å². The van der Waals surface area contributed by atoms with E-state index in [0.29, 0.717) is 29.9 Å². The largest absolute Gasteiger partial charge is 0.493 e. The molecule has 1 aromatic heterocycles. The van der Waals surface area contributed by atoms with Crippen LogP contribution in [0, 0.1) is 5.92 Å². The van der Waals surface area contributed by atoms with Crippen molar-refractivity contribution in [3.8, 4) is 22.1 Å². The summed E-state index contributed by atoms with van der Waals surface area (Å²) in [7, 11) is 3.23. The van der Waals surface area contributed by atoms with Gasteiger partial charge in [0, 0.05) is 17.0 Å². The van der Waals surface area contributed by atoms with Crippen LogP contribution in [0.15, 0.2) is 23.6 Å². The standard InChI is InChI=1S/C20H26N2O3S/c1-13-6-4-5-7-16(13)22-19(23)11-15-12-26-20(21-15)14-8-9-17(24-2)18(10-14)25-3/h8-10,12-13,16H,4-7,11H2,1-3H3,(H,22,23)/t13-,16-/m0/s1. The fourth-order valence-corrected chi connectivity index (χ4v) is 4.26. The van der Waals surface area contributed by atoms with Crippen molar-refractivity contribution in [2.24, 2.45) is 5.92 Å². The Kier molecular flexibility index (Phi) is 6.14. The minimum absolute atomic E-state index is 0.0629. The fraction of sp³-hybridized carbons (Fsp3) is 0.500. The maximum atomic E-state index is 12.4. The Bertz CT molecular complexity index is 759. The van der Waals surface area contributed by atoms with Crippen molar-refractivity contribution >= 4 is 17.2 Å². The van der Waals surface area contributed by atoms with Crippen molar-refractivity contribution in [1.29, 1.82) is 0 Å². The Morgan fingerprint density at radius 3 is 2.73 bits per heavy atom. The van der Waals surface area contributed by atoms with Gasteiger partial charge in [-0.2, -0.15) is 0 Å². The highest BCUT2D eigenvalue weighted by Gasteiger charge is 2.23. The zero-order valence-corrected chi connectivity index (χ0v) is 16.4. The fourth-order valence-electron chi connectivity index (χ4n) is 3.44. The van der Waals surface area contributed by atoms with Crippen LogP contribution in [0.1, 0.15) is 38.3 Å². The number of hydrogen-bond acceptors (Lipinski definition) is 5. The quantitative estimate of drug-likeness (QED) is 0.828. The molecular weight excluding hydrogens is 348 g/mol. The normalized spacial score (nSPS) is 19.8. The van der Waals surface area contributed by atoms with Gasteiger partial charge in [0.15, 0.2) is 11.5 Å². The molecular formula is C20H26N2O3S. The first-order chi connectivity index (χ1) is 12.6. The minimum atomic E-state index is 0.0629. The molecule has 1 aliphatic carbocycles. The van der Waals surface area contributed by atoms with Crippen LogP contribution in [0.5, 0.6) is 11.5 Å². The van der Waals surface area contributed by atoms with Crippen molar-refractivity contribution in [2.75, 3.05) is 14.2 Å². The Hall–Kier alpha value is -2.08. The molecule has 0 bridgehead atoms. The highest BCUT2D eigenvalue weighted by molar-refractivity contribution is 7.13. The molecule has 1 amide bonds. The molecule has 1 aliphatic rings. The average molecular weight is 375 g/mol. The van der Waals surface area contributed by atoms with Crippen LogP contribution in [-0.2, 0) is 11.2 Å². The Morgan fingerprint density at radius 1 is 1.23 bits per heavy atom. The summed E-state index contributed by atoms with van der Waals surface area (Å²) < 4.78 is 10.6. The molecule has 5 nitrogen and oxygen atoms in total. The third kappa shape index (κ3) is 4.36. The SMILES string of the molecule is COc1ccc(-c2nc(CC(=O)N[C@H]3CCCC[C@@H]3C)cs2)cc1OC. The van der Waals surface area contributed by atoms with E-state index < -0.39 is 0 Å². The molecule has 1 saturated carbocycles. The van der Waals surface area contributed by atoms with Crippen LogP contribution in [0.4, 0.5) is 0 Å². The van der Waals surface area contributed by atoms with Gasteiger partial charge in [0.2, 0.25) is 5.91 Å². The Morgan fingerprint density at radius 2 is 2.00 bits per heavy atom. The second-order valence-electron chi connectivity index (χ2n) is 6.83. The van der Waals surface area contributed by atoms with Crippen LogP contribution in [0.2, 0.25) is 0 Å². The van der Waals surface area contributed by atoms with E-state index in [1.54, 1.807) is 14.2 Å². The average Bonchev–Trinajstić information content (AvgIpc) is 3.11. The molecule has 140 valence electrons. The third-order valence-electron chi connectivity index (χ3n) is 4.98. The van der Waals surface area contributed by atoms with Gasteiger partial charge in [-0.3, -0.25) is 4.79 Å². The number of benzene rings is 1. The number of carbonyl (C=O) groups is 1. The second-order valence-corrected chi connectivity index (χ2v) is 7.68. The molecule has 2 atom stereocenters. The van der Waals surface area contributed by atoms with Crippen molar-refractivity contribution in [2.45, 2.75) is 45.1 Å². The van der Waals surface area contributed by atoms with Gasteiger partial charge in [-0.25, -0.2) is 4.98 Å². The summed E-state index contributed by atoms with van der Waals surface area (Å²) in [6.45, 7) is 2.22. The van der Waals surface area contributed by atoms with E-state index in [-0.39, 0.29) is 5.91 Å². The van der Waals surface area contributed by atoms with Crippen LogP contribution in [0.3, 0.4) is 0 Å². The summed E-state index contributed by atoms with van der Waals surface area (Å²) in [6.07, 6.45) is 5.09. The Balaban J connectivity index is 1.65. The van der Waals surface area contributed by atoms with Gasteiger partial charge in [-0.05, 0) is 37.0 Å². The van der Waals surface area contributed by atoms with Gasteiger partial charge in [-0.15, -0.1) is 11.3 Å².